The number of carbonyl (C=O) groups excluding carboxylic acids is 3. The fourth-order valence-electron chi connectivity index (χ4n) is 4.00. The van der Waals surface area contributed by atoms with Crippen LogP contribution in [0.4, 0.5) is 24.5 Å². The number of nitrogens with two attached hydrogens (primary N) is 1. The molecule has 0 aliphatic carbocycles. The molecule has 1 aliphatic rings. The number of anilines is 2. The second-order valence-corrected chi connectivity index (χ2v) is 8.32. The Hall–Kier alpha value is -3.76. The number of primary amides is 1. The molecule has 8 nitrogen and oxygen atoms in total. The first-order valence-corrected chi connectivity index (χ1v) is 10.9. The average Bonchev–Trinajstić information content (AvgIpc) is 2.78. The zero-order valence-electron chi connectivity index (χ0n) is 19.4. The van der Waals surface area contributed by atoms with E-state index in [0.29, 0.717) is 6.54 Å². The van der Waals surface area contributed by atoms with Crippen molar-refractivity contribution in [2.24, 2.45) is 5.73 Å². The van der Waals surface area contributed by atoms with Gasteiger partial charge in [-0.25, -0.2) is 0 Å². The quantitative estimate of drug-likeness (QED) is 0.619. The molecule has 1 saturated heterocycles. The van der Waals surface area contributed by atoms with Crippen molar-refractivity contribution in [2.75, 3.05) is 36.5 Å². The number of hydrogen-bond acceptors (Lipinski definition) is 5. The number of halogens is 3. The summed E-state index contributed by atoms with van der Waals surface area (Å²) in [6, 6.07) is 10.9. The minimum absolute atomic E-state index is 0.184. The third-order valence-electron chi connectivity index (χ3n) is 5.61. The van der Waals surface area contributed by atoms with Crippen LogP contribution in [0.15, 0.2) is 42.5 Å². The predicted molar refractivity (Wildman–Crippen MR) is 124 cm³/mol. The maximum Gasteiger partial charge on any atom is 0.422 e. The van der Waals surface area contributed by atoms with Crippen LogP contribution < -0.4 is 20.7 Å². The van der Waals surface area contributed by atoms with E-state index >= 15 is 0 Å². The molecule has 35 heavy (non-hydrogen) atoms. The molecule has 1 unspecified atom stereocenters. The molecule has 1 heterocycles. The fraction of sp³-hybridized carbons (Fsp3) is 0.375. The zero-order chi connectivity index (χ0) is 25.8. The van der Waals surface area contributed by atoms with Crippen molar-refractivity contribution in [2.45, 2.75) is 32.5 Å². The molecule has 3 N–H and O–H groups in total. The second kappa shape index (κ2) is 10.7. The molecule has 1 atom stereocenters. The number of nitrogens with zero attached hydrogens (tertiary/aromatic N) is 2. The number of ether oxygens (including phenoxy) is 1. The average molecular weight is 492 g/mol. The van der Waals surface area contributed by atoms with E-state index in [4.69, 9.17) is 10.5 Å². The van der Waals surface area contributed by atoms with Gasteiger partial charge in [-0.3, -0.25) is 14.4 Å². The van der Waals surface area contributed by atoms with Gasteiger partial charge in [0.25, 0.3) is 0 Å². The molecule has 3 rings (SSSR count). The molecule has 0 saturated carbocycles. The Labute approximate surface area is 200 Å². The van der Waals surface area contributed by atoms with E-state index in [1.54, 1.807) is 0 Å². The van der Waals surface area contributed by atoms with Crippen molar-refractivity contribution >= 4 is 29.1 Å². The molecule has 3 amide bonds. The number of benzene rings is 2. The van der Waals surface area contributed by atoms with E-state index in [9.17, 15) is 27.6 Å². The largest absolute Gasteiger partial charge is 0.484 e. The van der Waals surface area contributed by atoms with E-state index in [1.165, 1.54) is 30.0 Å². The van der Waals surface area contributed by atoms with Gasteiger partial charge in [0.15, 0.2) is 6.61 Å². The van der Waals surface area contributed by atoms with Crippen LogP contribution >= 0.6 is 0 Å². The minimum Gasteiger partial charge on any atom is -0.484 e. The second-order valence-electron chi connectivity index (χ2n) is 8.32. The summed E-state index contributed by atoms with van der Waals surface area (Å²) in [6.45, 7) is 2.51. The van der Waals surface area contributed by atoms with Gasteiger partial charge in [-0.2, -0.15) is 13.2 Å². The minimum atomic E-state index is -4.59. The van der Waals surface area contributed by atoms with Crippen LogP contribution in [0.5, 0.6) is 5.75 Å². The zero-order valence-corrected chi connectivity index (χ0v) is 19.4. The van der Waals surface area contributed by atoms with Gasteiger partial charge in [0, 0.05) is 49.6 Å². The molecular formula is C24H27F3N4O4. The Balaban J connectivity index is 1.80. The fourth-order valence-corrected chi connectivity index (χ4v) is 4.00. The first kappa shape index (κ1) is 25.9. The van der Waals surface area contributed by atoms with E-state index in [2.05, 4.69) is 5.32 Å². The molecule has 0 bridgehead atoms. The van der Waals surface area contributed by atoms with Gasteiger partial charge in [0.05, 0.1) is 6.42 Å². The van der Waals surface area contributed by atoms with Gasteiger partial charge in [-0.1, -0.05) is 24.3 Å². The van der Waals surface area contributed by atoms with Crippen LogP contribution in [-0.2, 0) is 20.8 Å². The number of hydrogen-bond donors (Lipinski definition) is 2. The summed E-state index contributed by atoms with van der Waals surface area (Å²) in [5, 5.41) is 2.47. The summed E-state index contributed by atoms with van der Waals surface area (Å²) in [5.41, 5.74) is 7.98. The normalized spacial score (nSPS) is 16.1. The molecule has 1 aliphatic heterocycles. The first-order chi connectivity index (χ1) is 16.4. The van der Waals surface area contributed by atoms with Crippen molar-refractivity contribution in [3.8, 4) is 5.75 Å². The molecule has 2 aromatic rings. The van der Waals surface area contributed by atoms with Gasteiger partial charge in [0.1, 0.15) is 11.8 Å². The standard InChI is InChI=1S/C24H27F3N4O4/c1-15-5-3-4-6-19(15)30-9-10-31(20(13-30)23(28)34)22(33)11-17-7-8-18(29-16(2)32)12-21(17)35-14-24(25,26)27/h3-8,12,20H,9-11,13-14H2,1-2H3,(H2,28,34)(H,29,32). The number of aryl methyl sites for hydroxylation is 1. The highest BCUT2D eigenvalue weighted by atomic mass is 19.4. The lowest BCUT2D eigenvalue weighted by atomic mass is 10.0. The third kappa shape index (κ3) is 6.87. The van der Waals surface area contributed by atoms with E-state index in [-0.39, 0.29) is 36.5 Å². The van der Waals surface area contributed by atoms with Crippen LogP contribution in [0.2, 0.25) is 0 Å². The van der Waals surface area contributed by atoms with Crippen molar-refractivity contribution in [1.82, 2.24) is 4.90 Å². The van der Waals surface area contributed by atoms with E-state index < -0.39 is 36.5 Å². The maximum absolute atomic E-state index is 13.2. The SMILES string of the molecule is CC(=O)Nc1ccc(CC(=O)N2CCN(c3ccccc3C)CC2C(N)=O)c(OCC(F)(F)F)c1. The van der Waals surface area contributed by atoms with Gasteiger partial charge in [-0.15, -0.1) is 0 Å². The number of alkyl halides is 3. The summed E-state index contributed by atoms with van der Waals surface area (Å²) in [4.78, 5) is 40.0. The lowest BCUT2D eigenvalue weighted by Crippen LogP contribution is -2.60. The Morgan fingerprint density at radius 1 is 1.14 bits per heavy atom. The molecule has 0 radical (unpaired) electrons. The van der Waals surface area contributed by atoms with Crippen molar-refractivity contribution < 1.29 is 32.3 Å². The Morgan fingerprint density at radius 3 is 2.49 bits per heavy atom. The first-order valence-electron chi connectivity index (χ1n) is 10.9. The maximum atomic E-state index is 13.2. The highest BCUT2D eigenvalue weighted by molar-refractivity contribution is 5.90. The summed E-state index contributed by atoms with van der Waals surface area (Å²) in [5.74, 6) is -1.74. The van der Waals surface area contributed by atoms with Gasteiger partial charge in [0.2, 0.25) is 17.7 Å². The summed E-state index contributed by atoms with van der Waals surface area (Å²) in [7, 11) is 0. The molecular weight excluding hydrogens is 465 g/mol. The number of amides is 3. The Bertz CT molecular complexity index is 1110. The molecule has 0 spiro atoms. The highest BCUT2D eigenvalue weighted by Gasteiger charge is 2.35. The predicted octanol–water partition coefficient (Wildman–Crippen LogP) is 2.64. The van der Waals surface area contributed by atoms with Crippen LogP contribution in [0, 0.1) is 6.92 Å². The van der Waals surface area contributed by atoms with Crippen LogP contribution in [-0.4, -0.2) is 61.1 Å². The van der Waals surface area contributed by atoms with Crippen molar-refractivity contribution in [3.63, 3.8) is 0 Å². The summed E-state index contributed by atoms with van der Waals surface area (Å²) in [6.07, 6.45) is -4.89. The monoisotopic (exact) mass is 492 g/mol. The number of piperazine rings is 1. The topological polar surface area (TPSA) is 105 Å². The van der Waals surface area contributed by atoms with Crippen molar-refractivity contribution in [3.05, 3.63) is 53.6 Å². The van der Waals surface area contributed by atoms with Crippen LogP contribution in [0.3, 0.4) is 0 Å². The molecule has 11 heteroatoms. The molecule has 2 aromatic carbocycles. The number of rotatable bonds is 7. The lowest BCUT2D eigenvalue weighted by molar-refractivity contribution is -0.153. The van der Waals surface area contributed by atoms with E-state index in [1.807, 2.05) is 36.1 Å². The van der Waals surface area contributed by atoms with E-state index in [0.717, 1.165) is 11.3 Å². The molecule has 0 aromatic heterocycles. The Morgan fingerprint density at radius 2 is 1.86 bits per heavy atom. The summed E-state index contributed by atoms with van der Waals surface area (Å²) >= 11 is 0. The van der Waals surface area contributed by atoms with Crippen LogP contribution in [0.1, 0.15) is 18.1 Å². The number of para-hydroxylation sites is 1. The van der Waals surface area contributed by atoms with Gasteiger partial charge >= 0.3 is 6.18 Å². The number of carbonyl (C=O) groups is 3. The molecule has 1 fully saturated rings. The summed E-state index contributed by atoms with van der Waals surface area (Å²) < 4.78 is 43.2. The van der Waals surface area contributed by atoms with Gasteiger partial charge in [-0.05, 0) is 24.6 Å². The smallest absolute Gasteiger partial charge is 0.422 e. The Kier molecular flexibility index (Phi) is 7.88. The number of nitrogens with one attached hydrogen (secondary N) is 1. The van der Waals surface area contributed by atoms with Gasteiger partial charge < -0.3 is 25.6 Å². The van der Waals surface area contributed by atoms with Crippen LogP contribution in [0.25, 0.3) is 0 Å². The lowest BCUT2D eigenvalue weighted by Gasteiger charge is -2.41. The molecule has 188 valence electrons. The third-order valence-corrected chi connectivity index (χ3v) is 5.61. The van der Waals surface area contributed by atoms with Crippen molar-refractivity contribution in [1.29, 1.82) is 0 Å². The highest BCUT2D eigenvalue weighted by Crippen LogP contribution is 2.28.